The molecule has 1 atom stereocenters. The molecule has 0 radical (unpaired) electrons. The van der Waals surface area contributed by atoms with E-state index in [9.17, 15) is 9.59 Å². The maximum atomic E-state index is 12.5. The molecule has 0 aromatic carbocycles. The normalized spacial score (nSPS) is 14.0. The average Bonchev–Trinajstić information content (AvgIpc) is 2.20. The van der Waals surface area contributed by atoms with Gasteiger partial charge in [-0.1, -0.05) is 20.8 Å². The van der Waals surface area contributed by atoms with Crippen molar-refractivity contribution in [3.05, 3.63) is 0 Å². The first-order valence-corrected chi connectivity index (χ1v) is 6.88. The fourth-order valence-electron chi connectivity index (χ4n) is 1.53. The molecule has 0 aromatic heterocycles. The lowest BCUT2D eigenvalue weighted by Crippen LogP contribution is -2.48. The van der Waals surface area contributed by atoms with Crippen molar-refractivity contribution in [2.75, 3.05) is 7.05 Å². The summed E-state index contributed by atoms with van der Waals surface area (Å²) in [6, 6.07) is 0. The second-order valence-corrected chi connectivity index (χ2v) is 7.08. The zero-order chi connectivity index (χ0) is 14.7. The smallest absolute Gasteiger partial charge is 0.316 e. The minimum Gasteiger partial charge on any atom is -0.394 e. The molecule has 0 bridgehead atoms. The lowest BCUT2D eigenvalue weighted by molar-refractivity contribution is -0.147. The molecule has 1 amide bonds. The van der Waals surface area contributed by atoms with E-state index in [0.717, 1.165) is 0 Å². The summed E-state index contributed by atoms with van der Waals surface area (Å²) in [6.45, 7) is 11.8. The van der Waals surface area contributed by atoms with Crippen LogP contribution in [0.1, 0.15) is 48.0 Å². The lowest BCUT2D eigenvalue weighted by atomic mass is 9.77. The molecule has 0 N–H and O–H groups in total. The molecule has 0 heterocycles. The highest BCUT2D eigenvalue weighted by Crippen LogP contribution is 2.32. The number of hydrogen-bond donors (Lipinski definition) is 0. The van der Waals surface area contributed by atoms with Crippen LogP contribution in [0.15, 0.2) is 0 Å². The van der Waals surface area contributed by atoms with Crippen LogP contribution in [-0.4, -0.2) is 29.4 Å². The van der Waals surface area contributed by atoms with Crippen LogP contribution < -0.4 is 0 Å². The largest absolute Gasteiger partial charge is 0.394 e. The summed E-state index contributed by atoms with van der Waals surface area (Å²) in [5.74, 6) is -0.744. The number of hydrogen-bond acceptors (Lipinski definition) is 3. The summed E-state index contributed by atoms with van der Waals surface area (Å²) in [7, 11) is 1.77. The Labute approximate surface area is 124 Å². The van der Waals surface area contributed by atoms with E-state index in [1.54, 1.807) is 35.0 Å². The topological polar surface area (TPSA) is 46.6 Å². The number of rotatable bonds is 3. The van der Waals surface area contributed by atoms with Crippen LogP contribution >= 0.6 is 23.0 Å². The number of carbonyl (C=O) groups excluding carboxylic acids is 2. The third-order valence-corrected chi connectivity index (χ3v) is 3.63. The Morgan fingerprint density at radius 3 is 1.89 bits per heavy atom. The summed E-state index contributed by atoms with van der Waals surface area (Å²) in [5, 5.41) is 0. The quantitative estimate of drug-likeness (QED) is 0.718. The molecule has 0 rings (SSSR count). The molecule has 0 aliphatic carbocycles. The molecule has 18 heavy (non-hydrogen) atoms. The van der Waals surface area contributed by atoms with Gasteiger partial charge in [-0.05, 0) is 26.2 Å². The molecule has 106 valence electrons. The van der Waals surface area contributed by atoms with Gasteiger partial charge in [0.15, 0.2) is 23.0 Å². The highest BCUT2D eigenvalue weighted by molar-refractivity contribution is 14.1. The summed E-state index contributed by atoms with van der Waals surface area (Å²) in [5.41, 5.74) is -0.532. The monoisotopic (exact) mass is 369 g/mol. The molecule has 5 heteroatoms. The molecule has 0 aliphatic heterocycles. The van der Waals surface area contributed by atoms with Crippen LogP contribution in [0, 0.1) is 11.3 Å². The Kier molecular flexibility index (Phi) is 6.10. The molecule has 4 nitrogen and oxygen atoms in total. The van der Waals surface area contributed by atoms with Gasteiger partial charge in [0, 0.05) is 12.6 Å². The van der Waals surface area contributed by atoms with Gasteiger partial charge in [0.1, 0.15) is 0 Å². The molecule has 1 unspecified atom stereocenters. The van der Waals surface area contributed by atoms with E-state index < -0.39 is 0 Å². The van der Waals surface area contributed by atoms with Gasteiger partial charge in [0.05, 0.1) is 12.3 Å². The van der Waals surface area contributed by atoms with Gasteiger partial charge in [-0.15, -0.1) is 0 Å². The number of nitrogens with zero attached hydrogens (tertiary/aromatic N) is 1. The summed E-state index contributed by atoms with van der Waals surface area (Å²) < 4.78 is 4.65. The van der Waals surface area contributed by atoms with Gasteiger partial charge in [-0.25, -0.2) is 0 Å². The van der Waals surface area contributed by atoms with E-state index in [-0.39, 0.29) is 35.2 Å². The van der Waals surface area contributed by atoms with Crippen molar-refractivity contribution in [2.24, 2.45) is 11.3 Å². The Bertz CT molecular complexity index is 315. The second-order valence-electron chi connectivity index (χ2n) is 6.64. The Balaban J connectivity index is 5.11. The number of amides is 1. The van der Waals surface area contributed by atoms with Crippen LogP contribution in [-0.2, 0) is 12.7 Å². The minimum atomic E-state index is -0.371. The highest BCUT2D eigenvalue weighted by atomic mass is 127. The molecule has 0 fully saturated rings. The summed E-state index contributed by atoms with van der Waals surface area (Å²) in [4.78, 5) is 25.6. The zero-order valence-electron chi connectivity index (χ0n) is 12.3. The SMILES string of the molecule is CN(C(=O)C(CC(=O)OI)C(C)(C)C)C(C)(C)C. The van der Waals surface area contributed by atoms with Crippen LogP contribution in [0.25, 0.3) is 0 Å². The fraction of sp³-hybridized carbons (Fsp3) is 0.846. The molecular formula is C13H24INO3. The van der Waals surface area contributed by atoms with Crippen LogP contribution in [0.4, 0.5) is 0 Å². The lowest BCUT2D eigenvalue weighted by Gasteiger charge is -2.38. The van der Waals surface area contributed by atoms with E-state index in [4.69, 9.17) is 0 Å². The summed E-state index contributed by atoms with van der Waals surface area (Å²) in [6.07, 6.45) is 0.117. The van der Waals surface area contributed by atoms with Crippen molar-refractivity contribution in [1.29, 1.82) is 0 Å². The van der Waals surface area contributed by atoms with Gasteiger partial charge in [0.2, 0.25) is 5.91 Å². The average molecular weight is 369 g/mol. The van der Waals surface area contributed by atoms with E-state index in [1.807, 2.05) is 41.5 Å². The van der Waals surface area contributed by atoms with Gasteiger partial charge in [0.25, 0.3) is 0 Å². The Hall–Kier alpha value is -0.330. The third kappa shape index (κ3) is 5.12. The predicted molar refractivity (Wildman–Crippen MR) is 80.2 cm³/mol. The number of carbonyl (C=O) groups is 2. The van der Waals surface area contributed by atoms with E-state index >= 15 is 0 Å². The van der Waals surface area contributed by atoms with Crippen LogP contribution in [0.2, 0.25) is 0 Å². The second kappa shape index (κ2) is 6.21. The maximum absolute atomic E-state index is 12.5. The highest BCUT2D eigenvalue weighted by Gasteiger charge is 2.38. The third-order valence-electron chi connectivity index (χ3n) is 3.14. The van der Waals surface area contributed by atoms with Crippen molar-refractivity contribution in [3.63, 3.8) is 0 Å². The standard InChI is InChI=1S/C13H24INO3/c1-12(2,3)9(8-10(16)18-14)11(17)15(7)13(4,5)6/h9H,8H2,1-7H3. The van der Waals surface area contributed by atoms with Gasteiger partial charge in [-0.2, -0.15) is 0 Å². The van der Waals surface area contributed by atoms with E-state index in [0.29, 0.717) is 0 Å². The molecular weight excluding hydrogens is 345 g/mol. The van der Waals surface area contributed by atoms with Gasteiger partial charge >= 0.3 is 5.97 Å². The van der Waals surface area contributed by atoms with Crippen LogP contribution in [0.3, 0.4) is 0 Å². The van der Waals surface area contributed by atoms with Crippen molar-refractivity contribution < 1.29 is 12.7 Å². The Morgan fingerprint density at radius 2 is 1.61 bits per heavy atom. The Morgan fingerprint density at radius 1 is 1.17 bits per heavy atom. The molecule has 0 spiro atoms. The molecule has 0 saturated carbocycles. The predicted octanol–water partition coefficient (Wildman–Crippen LogP) is 3.19. The van der Waals surface area contributed by atoms with Crippen molar-refractivity contribution >= 4 is 34.9 Å². The van der Waals surface area contributed by atoms with Crippen LogP contribution in [0.5, 0.6) is 0 Å². The maximum Gasteiger partial charge on any atom is 0.316 e. The zero-order valence-corrected chi connectivity index (χ0v) is 14.5. The minimum absolute atomic E-state index is 0.0169. The number of halogens is 1. The van der Waals surface area contributed by atoms with Gasteiger partial charge < -0.3 is 7.97 Å². The van der Waals surface area contributed by atoms with Crippen molar-refractivity contribution in [2.45, 2.75) is 53.5 Å². The van der Waals surface area contributed by atoms with E-state index in [2.05, 4.69) is 3.07 Å². The molecule has 0 aromatic rings. The van der Waals surface area contributed by atoms with E-state index in [1.165, 1.54) is 0 Å². The molecule has 0 saturated heterocycles. The van der Waals surface area contributed by atoms with Gasteiger partial charge in [-0.3, -0.25) is 9.59 Å². The van der Waals surface area contributed by atoms with Crippen molar-refractivity contribution in [1.82, 2.24) is 4.90 Å². The summed E-state index contributed by atoms with van der Waals surface area (Å²) >= 11 is 1.56. The van der Waals surface area contributed by atoms with Crippen molar-refractivity contribution in [3.8, 4) is 0 Å². The first-order chi connectivity index (χ1) is 7.91. The first-order valence-electron chi connectivity index (χ1n) is 6.00. The first kappa shape index (κ1) is 17.7. The molecule has 0 aliphatic rings. The fourth-order valence-corrected chi connectivity index (χ4v) is 1.71.